The summed E-state index contributed by atoms with van der Waals surface area (Å²) >= 11 is 0. The van der Waals surface area contributed by atoms with Crippen LogP contribution < -0.4 is 16.8 Å². The molecular formula is C8H16N4O3. The van der Waals surface area contributed by atoms with Gasteiger partial charge in [0.2, 0.25) is 0 Å². The molecule has 0 aliphatic carbocycles. The van der Waals surface area contributed by atoms with Crippen molar-refractivity contribution < 1.29 is 14.3 Å². The lowest BCUT2D eigenvalue weighted by molar-refractivity contribution is -0.152. The predicted molar refractivity (Wildman–Crippen MR) is 54.1 cm³/mol. The van der Waals surface area contributed by atoms with E-state index in [0.29, 0.717) is 19.4 Å². The van der Waals surface area contributed by atoms with Crippen molar-refractivity contribution in [3.05, 3.63) is 0 Å². The lowest BCUT2D eigenvalue weighted by atomic mass is 10.1. The summed E-state index contributed by atoms with van der Waals surface area (Å²) in [5.74, 6) is -1.80. The fraction of sp³-hybridized carbons (Fsp3) is 0.625. The van der Waals surface area contributed by atoms with Crippen molar-refractivity contribution in [3.63, 3.8) is 0 Å². The molecule has 0 amide bonds. The van der Waals surface area contributed by atoms with Gasteiger partial charge in [0, 0.05) is 6.54 Å². The third-order valence-electron chi connectivity index (χ3n) is 1.73. The van der Waals surface area contributed by atoms with E-state index in [4.69, 9.17) is 16.9 Å². The number of hydrogen-bond donors (Lipinski definition) is 4. The number of carbonyl (C=O) groups excluding carboxylic acids is 2. The molecule has 6 N–H and O–H groups in total. The van der Waals surface area contributed by atoms with E-state index in [0.717, 1.165) is 7.11 Å². The average molecular weight is 216 g/mol. The lowest BCUT2D eigenvalue weighted by Gasteiger charge is -2.09. The van der Waals surface area contributed by atoms with E-state index in [1.165, 1.54) is 0 Å². The van der Waals surface area contributed by atoms with Gasteiger partial charge in [-0.3, -0.25) is 10.2 Å². The average Bonchev–Trinajstić information content (AvgIpc) is 2.21. The summed E-state index contributed by atoms with van der Waals surface area (Å²) in [6, 6.07) is -0.855. The fourth-order valence-electron chi connectivity index (χ4n) is 0.928. The molecule has 0 fully saturated rings. The van der Waals surface area contributed by atoms with E-state index >= 15 is 0 Å². The molecule has 0 aromatic heterocycles. The molecule has 1 atom stereocenters. The Labute approximate surface area is 87.6 Å². The molecule has 0 spiro atoms. The minimum atomic E-state index is -0.929. The number of rotatable bonds is 6. The number of ketones is 1. The minimum Gasteiger partial charge on any atom is -0.463 e. The van der Waals surface area contributed by atoms with Gasteiger partial charge in [-0.05, 0) is 12.8 Å². The molecule has 0 saturated heterocycles. The van der Waals surface area contributed by atoms with Gasteiger partial charge in [-0.1, -0.05) is 0 Å². The quantitative estimate of drug-likeness (QED) is 0.138. The molecule has 0 bridgehead atoms. The number of nitrogens with one attached hydrogen (secondary N) is 2. The van der Waals surface area contributed by atoms with Crippen LogP contribution in [0.1, 0.15) is 12.8 Å². The molecule has 86 valence electrons. The van der Waals surface area contributed by atoms with Crippen LogP contribution in [-0.4, -0.2) is 37.4 Å². The molecular weight excluding hydrogens is 200 g/mol. The van der Waals surface area contributed by atoms with Crippen LogP contribution in [0.2, 0.25) is 0 Å². The van der Waals surface area contributed by atoms with Crippen LogP contribution in [0.4, 0.5) is 0 Å². The molecule has 0 saturated carbocycles. The number of guanidine groups is 1. The third kappa shape index (κ3) is 5.63. The van der Waals surface area contributed by atoms with Crippen LogP contribution in [0.5, 0.6) is 0 Å². The molecule has 7 heteroatoms. The Morgan fingerprint density at radius 3 is 2.60 bits per heavy atom. The highest BCUT2D eigenvalue weighted by atomic mass is 16.5. The Kier molecular flexibility index (Phi) is 6.03. The summed E-state index contributed by atoms with van der Waals surface area (Å²) in [6.07, 6.45) is 0.887. The Hall–Kier alpha value is -1.63. The number of methoxy groups -OCH3 is 1. The smallest absolute Gasteiger partial charge is 0.376 e. The standard InChI is InChI=1S/C8H16N4O3/c1-15-7(14)6(13)5(9)3-2-4-12-8(10)11/h5H,2-4,9H2,1H3,(H4,10,11,12)/t5-/m0/s1. The van der Waals surface area contributed by atoms with Gasteiger partial charge in [-0.15, -0.1) is 0 Å². The van der Waals surface area contributed by atoms with Crippen LogP contribution >= 0.6 is 0 Å². The van der Waals surface area contributed by atoms with Gasteiger partial charge in [0.05, 0.1) is 13.2 Å². The number of nitrogens with two attached hydrogens (primary N) is 2. The molecule has 0 aliphatic rings. The van der Waals surface area contributed by atoms with Crippen LogP contribution in [0.25, 0.3) is 0 Å². The summed E-state index contributed by atoms with van der Waals surface area (Å²) in [4.78, 5) is 21.9. The number of hydrogen-bond acceptors (Lipinski definition) is 5. The molecule has 0 heterocycles. The summed E-state index contributed by atoms with van der Waals surface area (Å²) in [6.45, 7) is 0.442. The zero-order chi connectivity index (χ0) is 11.8. The Morgan fingerprint density at radius 1 is 1.53 bits per heavy atom. The number of esters is 1. The Balaban J connectivity index is 3.74. The highest BCUT2D eigenvalue weighted by Gasteiger charge is 2.21. The number of ether oxygens (including phenoxy) is 1. The summed E-state index contributed by atoms with van der Waals surface area (Å²) < 4.78 is 4.24. The second-order valence-corrected chi connectivity index (χ2v) is 2.95. The van der Waals surface area contributed by atoms with Gasteiger partial charge in [0.25, 0.3) is 5.78 Å². The molecule has 0 radical (unpaired) electrons. The number of carbonyl (C=O) groups is 2. The van der Waals surface area contributed by atoms with Crippen LogP contribution in [0.3, 0.4) is 0 Å². The van der Waals surface area contributed by atoms with Crippen molar-refractivity contribution in [1.82, 2.24) is 5.32 Å². The second kappa shape index (κ2) is 6.77. The zero-order valence-electron chi connectivity index (χ0n) is 8.58. The van der Waals surface area contributed by atoms with Gasteiger partial charge in [0.15, 0.2) is 5.96 Å². The van der Waals surface area contributed by atoms with Crippen molar-refractivity contribution in [1.29, 1.82) is 5.41 Å². The van der Waals surface area contributed by atoms with E-state index < -0.39 is 17.8 Å². The number of Topliss-reactive ketones (excluding diaryl/α,β-unsaturated/α-hetero) is 1. The highest BCUT2D eigenvalue weighted by Crippen LogP contribution is 1.96. The maximum Gasteiger partial charge on any atom is 0.376 e. The van der Waals surface area contributed by atoms with Crippen molar-refractivity contribution in [2.75, 3.05) is 13.7 Å². The van der Waals surface area contributed by atoms with Crippen LogP contribution in [0, 0.1) is 5.41 Å². The van der Waals surface area contributed by atoms with E-state index in [-0.39, 0.29) is 5.96 Å². The van der Waals surface area contributed by atoms with E-state index in [1.54, 1.807) is 0 Å². The first-order valence-corrected chi connectivity index (χ1v) is 4.44. The summed E-state index contributed by atoms with van der Waals surface area (Å²) in [7, 11) is 1.13. The molecule has 15 heavy (non-hydrogen) atoms. The van der Waals surface area contributed by atoms with E-state index in [1.807, 2.05) is 0 Å². The van der Waals surface area contributed by atoms with Crippen molar-refractivity contribution in [2.24, 2.45) is 11.5 Å². The first-order chi connectivity index (χ1) is 6.99. The topological polar surface area (TPSA) is 131 Å². The SMILES string of the molecule is COC(=O)C(=O)[C@@H](N)CCCNC(=N)N. The first kappa shape index (κ1) is 13.4. The second-order valence-electron chi connectivity index (χ2n) is 2.95. The first-order valence-electron chi connectivity index (χ1n) is 4.44. The zero-order valence-corrected chi connectivity index (χ0v) is 8.58. The van der Waals surface area contributed by atoms with Crippen molar-refractivity contribution in [3.8, 4) is 0 Å². The molecule has 0 aromatic carbocycles. The Morgan fingerprint density at radius 2 is 2.13 bits per heavy atom. The van der Waals surface area contributed by atoms with Gasteiger partial charge >= 0.3 is 5.97 Å². The molecule has 0 aliphatic heterocycles. The van der Waals surface area contributed by atoms with E-state index in [2.05, 4.69) is 10.1 Å². The van der Waals surface area contributed by atoms with Gasteiger partial charge in [-0.2, -0.15) is 0 Å². The van der Waals surface area contributed by atoms with Gasteiger partial charge in [-0.25, -0.2) is 4.79 Å². The molecule has 7 nitrogen and oxygen atoms in total. The van der Waals surface area contributed by atoms with Gasteiger partial charge < -0.3 is 21.5 Å². The summed E-state index contributed by atoms with van der Waals surface area (Å²) in [5, 5.41) is 9.42. The van der Waals surface area contributed by atoms with Crippen LogP contribution in [0.15, 0.2) is 0 Å². The van der Waals surface area contributed by atoms with Crippen LogP contribution in [-0.2, 0) is 14.3 Å². The third-order valence-corrected chi connectivity index (χ3v) is 1.73. The van der Waals surface area contributed by atoms with Crippen molar-refractivity contribution >= 4 is 17.7 Å². The maximum absolute atomic E-state index is 11.1. The lowest BCUT2D eigenvalue weighted by Crippen LogP contribution is -2.38. The molecule has 0 rings (SSSR count). The fourth-order valence-corrected chi connectivity index (χ4v) is 0.928. The summed E-state index contributed by atoms with van der Waals surface area (Å²) in [5.41, 5.74) is 10.5. The maximum atomic E-state index is 11.1. The monoisotopic (exact) mass is 216 g/mol. The minimum absolute atomic E-state index is 0.136. The van der Waals surface area contributed by atoms with Gasteiger partial charge in [0.1, 0.15) is 0 Å². The molecule has 0 aromatic rings. The van der Waals surface area contributed by atoms with E-state index in [9.17, 15) is 9.59 Å². The normalized spacial score (nSPS) is 11.6. The predicted octanol–water partition coefficient (Wildman–Crippen LogP) is -1.68. The molecule has 0 unspecified atom stereocenters. The Bertz CT molecular complexity index is 254. The highest BCUT2D eigenvalue weighted by molar-refractivity contribution is 6.35. The van der Waals surface area contributed by atoms with Crippen molar-refractivity contribution in [2.45, 2.75) is 18.9 Å². The largest absolute Gasteiger partial charge is 0.463 e.